The molecule has 0 spiro atoms. The summed E-state index contributed by atoms with van der Waals surface area (Å²) in [5.41, 5.74) is 4.60. The molecule has 4 aliphatic rings. The molecule has 0 saturated heterocycles. The molecule has 4 aliphatic carbocycles. The first kappa shape index (κ1) is 16.8. The molecule has 1 atom stereocenters. The Kier molecular flexibility index (Phi) is 4.40. The molecule has 4 fully saturated rings. The zero-order chi connectivity index (χ0) is 17.4. The third kappa shape index (κ3) is 3.12. The molecule has 2 N–H and O–H groups in total. The van der Waals surface area contributed by atoms with E-state index in [-0.39, 0.29) is 5.41 Å². The zero-order valence-corrected chi connectivity index (χ0v) is 14.9. The van der Waals surface area contributed by atoms with E-state index in [0.29, 0.717) is 5.56 Å². The van der Waals surface area contributed by atoms with Crippen LogP contribution in [0.15, 0.2) is 35.4 Å². The van der Waals surface area contributed by atoms with Crippen molar-refractivity contribution in [2.45, 2.75) is 58.0 Å². The van der Waals surface area contributed by atoms with Gasteiger partial charge in [-0.2, -0.15) is 5.10 Å². The van der Waals surface area contributed by atoms with Gasteiger partial charge in [0.2, 0.25) is 0 Å². The van der Waals surface area contributed by atoms with Crippen LogP contribution in [0.2, 0.25) is 0 Å². The van der Waals surface area contributed by atoms with Gasteiger partial charge in [0.25, 0.3) is 5.91 Å². The number of hydrazone groups is 1. The highest BCUT2D eigenvalue weighted by atomic mass is 16.3. The summed E-state index contributed by atoms with van der Waals surface area (Å²) in [6, 6.07) is 9.03. The van der Waals surface area contributed by atoms with Crippen molar-refractivity contribution in [2.24, 2.45) is 28.3 Å². The first-order chi connectivity index (χ1) is 12.1. The minimum atomic E-state index is -1.17. The van der Waals surface area contributed by atoms with Crippen molar-refractivity contribution in [1.82, 2.24) is 5.43 Å². The molecule has 0 aliphatic heterocycles. The number of rotatable bonds is 5. The molecule has 25 heavy (non-hydrogen) atoms. The lowest BCUT2D eigenvalue weighted by atomic mass is 9.48. The Labute approximate surface area is 149 Å². The normalized spacial score (nSPS) is 34.8. The van der Waals surface area contributed by atoms with Gasteiger partial charge in [-0.05, 0) is 68.3 Å². The Morgan fingerprint density at radius 3 is 2.24 bits per heavy atom. The van der Waals surface area contributed by atoms with E-state index in [4.69, 9.17) is 0 Å². The van der Waals surface area contributed by atoms with Gasteiger partial charge >= 0.3 is 0 Å². The summed E-state index contributed by atoms with van der Waals surface area (Å²) < 4.78 is 0. The first-order valence-electron chi connectivity index (χ1n) is 9.69. The van der Waals surface area contributed by atoms with E-state index >= 15 is 0 Å². The summed E-state index contributed by atoms with van der Waals surface area (Å²) in [5.74, 6) is 2.12. The largest absolute Gasteiger partial charge is 0.378 e. The van der Waals surface area contributed by atoms with Crippen LogP contribution in [0, 0.1) is 23.2 Å². The fourth-order valence-electron chi connectivity index (χ4n) is 6.01. The van der Waals surface area contributed by atoms with E-state index in [1.807, 2.05) is 18.2 Å². The second-order valence-corrected chi connectivity index (χ2v) is 8.40. The van der Waals surface area contributed by atoms with Gasteiger partial charge in [-0.25, -0.2) is 5.43 Å². The quantitative estimate of drug-likeness (QED) is 0.632. The molecule has 4 bridgehead atoms. The number of carbonyl (C=O) groups is 1. The van der Waals surface area contributed by atoms with E-state index in [9.17, 15) is 9.90 Å². The Balaban J connectivity index is 1.49. The molecule has 1 aromatic carbocycles. The van der Waals surface area contributed by atoms with Gasteiger partial charge in [0.15, 0.2) is 6.10 Å². The highest BCUT2D eigenvalue weighted by Gasteiger charge is 2.52. The van der Waals surface area contributed by atoms with Gasteiger partial charge < -0.3 is 5.11 Å². The lowest BCUT2D eigenvalue weighted by Gasteiger charge is -2.57. The topological polar surface area (TPSA) is 61.7 Å². The van der Waals surface area contributed by atoms with Crippen molar-refractivity contribution >= 4 is 11.6 Å². The number of carbonyl (C=O) groups excluding carboxylic acids is 1. The number of hydrogen-bond acceptors (Lipinski definition) is 3. The van der Waals surface area contributed by atoms with E-state index < -0.39 is 12.0 Å². The number of nitrogens with one attached hydrogen (secondary N) is 1. The second-order valence-electron chi connectivity index (χ2n) is 8.40. The van der Waals surface area contributed by atoms with Crippen LogP contribution in [-0.2, 0) is 4.79 Å². The number of nitrogens with zero attached hydrogens (tertiary/aromatic N) is 1. The molecule has 4 heteroatoms. The number of aliphatic hydroxyl groups is 1. The summed E-state index contributed by atoms with van der Waals surface area (Å²) in [5, 5.41) is 14.8. The first-order valence-corrected chi connectivity index (χ1v) is 9.69. The van der Waals surface area contributed by atoms with Crippen LogP contribution in [0.25, 0.3) is 0 Å². The molecular formula is C21H28N2O2. The predicted octanol–water partition coefficient (Wildman–Crippen LogP) is 3.82. The van der Waals surface area contributed by atoms with Crippen LogP contribution in [0.3, 0.4) is 0 Å². The summed E-state index contributed by atoms with van der Waals surface area (Å²) in [6.07, 6.45) is 7.61. The highest BCUT2D eigenvalue weighted by molar-refractivity contribution is 5.92. The van der Waals surface area contributed by atoms with Crippen molar-refractivity contribution in [1.29, 1.82) is 0 Å². The van der Waals surface area contributed by atoms with Crippen molar-refractivity contribution in [3.05, 3.63) is 35.9 Å². The molecule has 0 radical (unpaired) electrons. The van der Waals surface area contributed by atoms with E-state index in [0.717, 1.165) is 29.9 Å². The third-order valence-electron chi connectivity index (χ3n) is 6.65. The molecule has 4 saturated carbocycles. The Hall–Kier alpha value is -1.68. The Bertz CT molecular complexity index is 632. The molecule has 0 heterocycles. The lowest BCUT2D eigenvalue weighted by Crippen LogP contribution is -2.50. The minimum Gasteiger partial charge on any atom is -0.378 e. The maximum absolute atomic E-state index is 12.3. The van der Waals surface area contributed by atoms with E-state index in [1.165, 1.54) is 38.5 Å². The van der Waals surface area contributed by atoms with Gasteiger partial charge in [-0.15, -0.1) is 0 Å². The zero-order valence-electron chi connectivity index (χ0n) is 14.9. The maximum atomic E-state index is 12.3. The summed E-state index contributed by atoms with van der Waals surface area (Å²) in [4.78, 5) is 12.3. The Morgan fingerprint density at radius 1 is 1.16 bits per heavy atom. The molecule has 1 unspecified atom stereocenters. The Morgan fingerprint density at radius 2 is 1.72 bits per heavy atom. The SMILES string of the molecule is CC/C(=N/NC(=O)C(O)c1ccccc1)C12CC3CC(CC(C3)C1)C2. The maximum Gasteiger partial charge on any atom is 0.273 e. The molecule has 1 aromatic rings. The van der Waals surface area contributed by atoms with E-state index in [2.05, 4.69) is 17.5 Å². The molecule has 4 nitrogen and oxygen atoms in total. The van der Waals surface area contributed by atoms with Crippen LogP contribution in [-0.4, -0.2) is 16.7 Å². The van der Waals surface area contributed by atoms with Crippen molar-refractivity contribution in [2.75, 3.05) is 0 Å². The smallest absolute Gasteiger partial charge is 0.273 e. The van der Waals surface area contributed by atoms with Gasteiger partial charge in [-0.3, -0.25) is 4.79 Å². The summed E-state index contributed by atoms with van der Waals surface area (Å²) >= 11 is 0. The molecule has 0 aromatic heterocycles. The minimum absolute atomic E-state index is 0.203. The molecule has 5 rings (SSSR count). The van der Waals surface area contributed by atoms with Gasteiger partial charge in [-0.1, -0.05) is 37.3 Å². The van der Waals surface area contributed by atoms with Crippen molar-refractivity contribution in [3.8, 4) is 0 Å². The van der Waals surface area contributed by atoms with Crippen LogP contribution in [0.4, 0.5) is 0 Å². The van der Waals surface area contributed by atoms with Crippen LogP contribution in [0.5, 0.6) is 0 Å². The van der Waals surface area contributed by atoms with Gasteiger partial charge in [0.05, 0.1) is 0 Å². The standard InChI is InChI=1S/C21H28N2O2/c1-2-18(21-11-14-8-15(12-21)10-16(9-14)13-21)22-23-20(25)19(24)17-6-4-3-5-7-17/h3-7,14-16,19,24H,2,8-13H2,1H3,(H,23,25)/b22-18-. The fourth-order valence-corrected chi connectivity index (χ4v) is 6.01. The lowest BCUT2D eigenvalue weighted by molar-refractivity contribution is -0.129. The van der Waals surface area contributed by atoms with Crippen molar-refractivity contribution in [3.63, 3.8) is 0 Å². The van der Waals surface area contributed by atoms with E-state index in [1.54, 1.807) is 12.1 Å². The van der Waals surface area contributed by atoms with Gasteiger partial charge in [0, 0.05) is 11.1 Å². The monoisotopic (exact) mass is 340 g/mol. The number of aliphatic hydroxyl groups excluding tert-OH is 1. The van der Waals surface area contributed by atoms with Crippen LogP contribution >= 0.6 is 0 Å². The summed E-state index contributed by atoms with van der Waals surface area (Å²) in [7, 11) is 0. The van der Waals surface area contributed by atoms with Gasteiger partial charge in [0.1, 0.15) is 0 Å². The number of amides is 1. The molecule has 134 valence electrons. The third-order valence-corrected chi connectivity index (χ3v) is 6.65. The van der Waals surface area contributed by atoms with Crippen LogP contribution < -0.4 is 5.43 Å². The average Bonchev–Trinajstić information content (AvgIpc) is 2.61. The highest BCUT2D eigenvalue weighted by Crippen LogP contribution is 2.60. The molecule has 1 amide bonds. The number of benzene rings is 1. The fraction of sp³-hybridized carbons (Fsp3) is 0.619. The predicted molar refractivity (Wildman–Crippen MR) is 97.9 cm³/mol. The number of hydrogen-bond donors (Lipinski definition) is 2. The summed E-state index contributed by atoms with van der Waals surface area (Å²) in [6.45, 7) is 2.14. The second kappa shape index (κ2) is 6.56. The average molecular weight is 340 g/mol. The molecular weight excluding hydrogens is 312 g/mol. The van der Waals surface area contributed by atoms with Crippen LogP contribution in [0.1, 0.15) is 63.5 Å². The van der Waals surface area contributed by atoms with Crippen molar-refractivity contribution < 1.29 is 9.90 Å².